The Hall–Kier alpha value is -2.51. The van der Waals surface area contributed by atoms with Crippen molar-refractivity contribution in [3.05, 3.63) is 72.8 Å². The number of ether oxygens (including phenoxy) is 3. The molecule has 0 bridgehead atoms. The van der Waals surface area contributed by atoms with Crippen LogP contribution in [0.25, 0.3) is 0 Å². The normalized spacial score (nSPS) is 10.6. The first-order chi connectivity index (χ1) is 12.2. The van der Waals surface area contributed by atoms with Crippen LogP contribution in [0.3, 0.4) is 0 Å². The maximum Gasteiger partial charge on any atom is 0.119 e. The molecule has 3 aromatic rings. The van der Waals surface area contributed by atoms with Crippen molar-refractivity contribution < 1.29 is 14.2 Å². The topological polar surface area (TPSA) is 27.7 Å². The van der Waals surface area contributed by atoms with Gasteiger partial charge in [-0.25, -0.2) is 0 Å². The summed E-state index contributed by atoms with van der Waals surface area (Å²) in [4.78, 5) is 0. The van der Waals surface area contributed by atoms with Gasteiger partial charge in [0.2, 0.25) is 0 Å². The molecular formula is C21H22O3P+. The molecule has 128 valence electrons. The maximum atomic E-state index is 5.30. The predicted octanol–water partition coefficient (Wildman–Crippen LogP) is 3.20. The van der Waals surface area contributed by atoms with Gasteiger partial charge < -0.3 is 14.2 Å². The first-order valence-corrected chi connectivity index (χ1v) is 9.55. The molecule has 0 radical (unpaired) electrons. The van der Waals surface area contributed by atoms with Crippen LogP contribution >= 0.6 is 7.92 Å². The number of methoxy groups -OCH3 is 3. The number of hydrogen-bond donors (Lipinski definition) is 0. The van der Waals surface area contributed by atoms with E-state index in [9.17, 15) is 0 Å². The Labute approximate surface area is 149 Å². The minimum absolute atomic E-state index is 0.870. The minimum atomic E-state index is -1.12. The van der Waals surface area contributed by atoms with E-state index in [0.29, 0.717) is 0 Å². The Balaban J connectivity index is 2.04. The fourth-order valence-corrected chi connectivity index (χ4v) is 5.27. The van der Waals surface area contributed by atoms with E-state index in [1.54, 1.807) is 21.3 Å². The summed E-state index contributed by atoms with van der Waals surface area (Å²) in [6.45, 7) is 0. The Morgan fingerprint density at radius 2 is 0.680 bits per heavy atom. The van der Waals surface area contributed by atoms with Gasteiger partial charge in [0.15, 0.2) is 0 Å². The molecule has 3 rings (SSSR count). The van der Waals surface area contributed by atoms with Gasteiger partial charge in [-0.3, -0.25) is 0 Å². The molecule has 0 aliphatic heterocycles. The summed E-state index contributed by atoms with van der Waals surface area (Å²) in [5.41, 5.74) is 0. The van der Waals surface area contributed by atoms with E-state index < -0.39 is 7.92 Å². The molecular weight excluding hydrogens is 331 g/mol. The van der Waals surface area contributed by atoms with Gasteiger partial charge in [-0.05, 0) is 72.8 Å². The molecule has 3 aromatic carbocycles. The van der Waals surface area contributed by atoms with Crippen LogP contribution in [0.4, 0.5) is 0 Å². The van der Waals surface area contributed by atoms with E-state index in [0.717, 1.165) is 17.2 Å². The molecule has 0 saturated heterocycles. The fraction of sp³-hybridized carbons (Fsp3) is 0.143. The van der Waals surface area contributed by atoms with E-state index in [1.807, 2.05) is 36.4 Å². The van der Waals surface area contributed by atoms with Crippen LogP contribution < -0.4 is 30.1 Å². The Morgan fingerprint density at radius 1 is 0.440 bits per heavy atom. The largest absolute Gasteiger partial charge is 0.497 e. The molecule has 25 heavy (non-hydrogen) atoms. The van der Waals surface area contributed by atoms with E-state index in [4.69, 9.17) is 14.2 Å². The monoisotopic (exact) mass is 353 g/mol. The molecule has 0 unspecified atom stereocenters. The van der Waals surface area contributed by atoms with Crippen LogP contribution in [0.15, 0.2) is 72.8 Å². The maximum absolute atomic E-state index is 5.30. The second kappa shape index (κ2) is 8.04. The summed E-state index contributed by atoms with van der Waals surface area (Å²) in [5.74, 6) is 2.61. The van der Waals surface area contributed by atoms with Crippen molar-refractivity contribution in [3.8, 4) is 17.2 Å². The molecule has 0 aliphatic carbocycles. The zero-order valence-electron chi connectivity index (χ0n) is 14.7. The average molecular weight is 353 g/mol. The third-order valence-electron chi connectivity index (χ3n) is 4.14. The molecule has 0 atom stereocenters. The lowest BCUT2D eigenvalue weighted by Gasteiger charge is -2.12. The van der Waals surface area contributed by atoms with Crippen molar-refractivity contribution >= 4 is 23.8 Å². The van der Waals surface area contributed by atoms with Gasteiger partial charge in [0, 0.05) is 0 Å². The predicted molar refractivity (Wildman–Crippen MR) is 106 cm³/mol. The molecule has 4 heteroatoms. The van der Waals surface area contributed by atoms with Crippen molar-refractivity contribution in [2.75, 3.05) is 21.3 Å². The molecule has 0 spiro atoms. The van der Waals surface area contributed by atoms with Gasteiger partial charge in [0.05, 0.1) is 29.3 Å². The molecule has 0 heterocycles. The zero-order chi connectivity index (χ0) is 17.6. The van der Waals surface area contributed by atoms with Crippen LogP contribution in [0.1, 0.15) is 0 Å². The summed E-state index contributed by atoms with van der Waals surface area (Å²) in [6.07, 6.45) is 0. The standard InChI is InChI=1S/C21H21O3P/c1-22-16-4-10-19(11-5-16)25(20-12-6-17(23-2)7-13-20)21-14-8-18(24-3)9-15-21/h4-15H,1-3H3/p+1. The van der Waals surface area contributed by atoms with Gasteiger partial charge >= 0.3 is 0 Å². The first kappa shape index (κ1) is 17.3. The van der Waals surface area contributed by atoms with Crippen LogP contribution in [0.2, 0.25) is 0 Å². The van der Waals surface area contributed by atoms with Crippen LogP contribution in [0.5, 0.6) is 17.2 Å². The van der Waals surface area contributed by atoms with Gasteiger partial charge in [-0.15, -0.1) is 0 Å². The van der Waals surface area contributed by atoms with Crippen LogP contribution in [0, 0.1) is 0 Å². The summed E-state index contributed by atoms with van der Waals surface area (Å²) < 4.78 is 15.9. The molecule has 0 saturated carbocycles. The molecule has 0 aliphatic rings. The van der Waals surface area contributed by atoms with Gasteiger partial charge in [0.1, 0.15) is 33.2 Å². The SMILES string of the molecule is COc1ccc([PH+](c2ccc(OC)cc2)c2ccc(OC)cc2)cc1. The number of rotatable bonds is 6. The third kappa shape index (κ3) is 3.94. The van der Waals surface area contributed by atoms with Crippen molar-refractivity contribution in [1.29, 1.82) is 0 Å². The second-order valence-electron chi connectivity index (χ2n) is 5.56. The van der Waals surface area contributed by atoms with Gasteiger partial charge in [-0.2, -0.15) is 0 Å². The zero-order valence-corrected chi connectivity index (χ0v) is 15.7. The molecule has 0 N–H and O–H groups in total. The molecule has 3 nitrogen and oxygen atoms in total. The van der Waals surface area contributed by atoms with E-state index >= 15 is 0 Å². The lowest BCUT2D eigenvalue weighted by Crippen LogP contribution is -2.20. The third-order valence-corrected chi connectivity index (χ3v) is 6.87. The molecule has 0 fully saturated rings. The lowest BCUT2D eigenvalue weighted by atomic mass is 10.3. The highest BCUT2D eigenvalue weighted by Crippen LogP contribution is 2.34. The van der Waals surface area contributed by atoms with Crippen molar-refractivity contribution in [1.82, 2.24) is 0 Å². The van der Waals surface area contributed by atoms with Gasteiger partial charge in [-0.1, -0.05) is 0 Å². The van der Waals surface area contributed by atoms with E-state index in [-0.39, 0.29) is 0 Å². The quantitative estimate of drug-likeness (QED) is 0.637. The summed E-state index contributed by atoms with van der Waals surface area (Å²) in [6, 6.07) is 25.1. The van der Waals surface area contributed by atoms with Crippen molar-refractivity contribution in [2.24, 2.45) is 0 Å². The first-order valence-electron chi connectivity index (χ1n) is 8.05. The van der Waals surface area contributed by atoms with Crippen LogP contribution in [-0.4, -0.2) is 21.3 Å². The highest BCUT2D eigenvalue weighted by Gasteiger charge is 2.25. The number of benzene rings is 3. The highest BCUT2D eigenvalue weighted by molar-refractivity contribution is 7.79. The van der Waals surface area contributed by atoms with Crippen molar-refractivity contribution in [2.45, 2.75) is 0 Å². The average Bonchev–Trinajstić information content (AvgIpc) is 2.70. The Bertz CT molecular complexity index is 683. The summed E-state index contributed by atoms with van der Waals surface area (Å²) in [5, 5.41) is 3.92. The molecule has 0 aromatic heterocycles. The smallest absolute Gasteiger partial charge is 0.119 e. The van der Waals surface area contributed by atoms with Gasteiger partial charge in [0.25, 0.3) is 0 Å². The fourth-order valence-electron chi connectivity index (χ4n) is 2.77. The van der Waals surface area contributed by atoms with Crippen LogP contribution in [-0.2, 0) is 0 Å². The van der Waals surface area contributed by atoms with Crippen molar-refractivity contribution in [3.63, 3.8) is 0 Å². The summed E-state index contributed by atoms with van der Waals surface area (Å²) >= 11 is 0. The minimum Gasteiger partial charge on any atom is -0.497 e. The Kier molecular flexibility index (Phi) is 5.57. The molecule has 0 amide bonds. The Morgan fingerprint density at radius 3 is 0.880 bits per heavy atom. The number of hydrogen-bond acceptors (Lipinski definition) is 3. The highest BCUT2D eigenvalue weighted by atomic mass is 31.1. The lowest BCUT2D eigenvalue weighted by molar-refractivity contribution is 0.415. The second-order valence-corrected chi connectivity index (χ2v) is 8.04. The van der Waals surface area contributed by atoms with E-state index in [1.165, 1.54) is 15.9 Å². The summed E-state index contributed by atoms with van der Waals surface area (Å²) in [7, 11) is 3.95. The van der Waals surface area contributed by atoms with E-state index in [2.05, 4.69) is 36.4 Å².